The van der Waals surface area contributed by atoms with Crippen molar-refractivity contribution in [1.82, 2.24) is 10.5 Å². The van der Waals surface area contributed by atoms with E-state index < -0.39 is 11.7 Å². The van der Waals surface area contributed by atoms with E-state index in [9.17, 15) is 4.79 Å². The van der Waals surface area contributed by atoms with Crippen molar-refractivity contribution in [2.75, 3.05) is 13.2 Å². The van der Waals surface area contributed by atoms with E-state index in [-0.39, 0.29) is 12.5 Å². The molecule has 0 radical (unpaired) electrons. The molecule has 3 rings (SSSR count). The molecule has 1 aliphatic rings. The Morgan fingerprint density at radius 2 is 2.07 bits per heavy atom. The van der Waals surface area contributed by atoms with E-state index in [2.05, 4.69) is 22.6 Å². The van der Waals surface area contributed by atoms with Crippen LogP contribution in [0.1, 0.15) is 45.1 Å². The van der Waals surface area contributed by atoms with Gasteiger partial charge < -0.3 is 19.3 Å². The highest BCUT2D eigenvalue weighted by atomic mass is 16.6. The molecule has 0 saturated carbocycles. The number of rotatable bonds is 6. The number of benzene rings is 1. The van der Waals surface area contributed by atoms with Crippen molar-refractivity contribution in [3.05, 3.63) is 48.0 Å². The molecule has 0 aliphatic heterocycles. The first-order valence-corrected chi connectivity index (χ1v) is 9.25. The molecular formula is C21H26N2O4. The van der Waals surface area contributed by atoms with Crippen LogP contribution in [0.2, 0.25) is 0 Å². The Balaban J connectivity index is 1.66. The predicted molar refractivity (Wildman–Crippen MR) is 103 cm³/mol. The summed E-state index contributed by atoms with van der Waals surface area (Å²) in [5.74, 6) is 1.44. The van der Waals surface area contributed by atoms with Gasteiger partial charge in [-0.1, -0.05) is 42.5 Å². The van der Waals surface area contributed by atoms with Gasteiger partial charge in [0.25, 0.3) is 5.88 Å². The fourth-order valence-corrected chi connectivity index (χ4v) is 3.00. The van der Waals surface area contributed by atoms with Crippen LogP contribution in [-0.4, -0.2) is 30.0 Å². The van der Waals surface area contributed by atoms with E-state index in [1.54, 1.807) is 0 Å². The van der Waals surface area contributed by atoms with Gasteiger partial charge in [0.05, 0.1) is 12.1 Å². The third kappa shape index (κ3) is 5.12. The quantitative estimate of drug-likeness (QED) is 0.590. The van der Waals surface area contributed by atoms with Crippen LogP contribution in [0.5, 0.6) is 5.88 Å². The van der Waals surface area contributed by atoms with Gasteiger partial charge in [0.1, 0.15) is 12.2 Å². The van der Waals surface area contributed by atoms with Crippen molar-refractivity contribution in [3.8, 4) is 17.2 Å². The van der Waals surface area contributed by atoms with Crippen LogP contribution < -0.4 is 10.1 Å². The molecule has 1 amide bonds. The van der Waals surface area contributed by atoms with Gasteiger partial charge in [-0.05, 0) is 38.8 Å². The van der Waals surface area contributed by atoms with Gasteiger partial charge in [0.15, 0.2) is 5.76 Å². The number of nitrogens with zero attached hydrogens (tertiary/aromatic N) is 1. The Morgan fingerprint density at radius 3 is 2.74 bits per heavy atom. The van der Waals surface area contributed by atoms with E-state index in [0.29, 0.717) is 12.4 Å². The molecule has 1 aliphatic carbocycles. The number of carbonyl (C=O) groups excluding carboxylic acids is 1. The van der Waals surface area contributed by atoms with Crippen LogP contribution in [0.4, 0.5) is 4.79 Å². The Kier molecular flexibility index (Phi) is 5.84. The highest BCUT2D eigenvalue weighted by Gasteiger charge is 2.26. The fourth-order valence-electron chi connectivity index (χ4n) is 3.00. The molecule has 0 bridgehead atoms. The summed E-state index contributed by atoms with van der Waals surface area (Å²) in [5.41, 5.74) is 1.41. The van der Waals surface area contributed by atoms with Crippen molar-refractivity contribution in [2.45, 2.75) is 45.1 Å². The van der Waals surface area contributed by atoms with Crippen molar-refractivity contribution in [2.24, 2.45) is 0 Å². The second-order valence-electron chi connectivity index (χ2n) is 7.49. The zero-order valence-corrected chi connectivity index (χ0v) is 16.0. The van der Waals surface area contributed by atoms with Crippen molar-refractivity contribution >= 4 is 6.09 Å². The summed E-state index contributed by atoms with van der Waals surface area (Å²) < 4.78 is 16.6. The summed E-state index contributed by atoms with van der Waals surface area (Å²) in [6, 6.07) is 9.90. The summed E-state index contributed by atoms with van der Waals surface area (Å²) in [5, 5.41) is 6.82. The lowest BCUT2D eigenvalue weighted by molar-refractivity contribution is 0.0519. The second-order valence-corrected chi connectivity index (χ2v) is 7.49. The number of allylic oxidation sites excluding steroid dienone is 2. The molecule has 1 aromatic carbocycles. The molecule has 144 valence electrons. The molecule has 6 heteroatoms. The lowest BCUT2D eigenvalue weighted by Crippen LogP contribution is -2.34. The Hall–Kier alpha value is -2.76. The predicted octanol–water partition coefficient (Wildman–Crippen LogP) is 4.68. The van der Waals surface area contributed by atoms with Crippen LogP contribution in [-0.2, 0) is 4.74 Å². The van der Waals surface area contributed by atoms with Crippen LogP contribution in [0, 0.1) is 0 Å². The smallest absolute Gasteiger partial charge is 0.407 e. The largest absolute Gasteiger partial charge is 0.473 e. The lowest BCUT2D eigenvalue weighted by Gasteiger charge is -2.19. The Labute approximate surface area is 159 Å². The number of hydrogen-bond donors (Lipinski definition) is 1. The molecule has 2 aromatic rings. The van der Waals surface area contributed by atoms with Gasteiger partial charge >= 0.3 is 6.09 Å². The maximum atomic E-state index is 11.7. The minimum atomic E-state index is -0.524. The van der Waals surface area contributed by atoms with Crippen LogP contribution in [0.3, 0.4) is 0 Å². The summed E-state index contributed by atoms with van der Waals surface area (Å²) >= 11 is 0. The maximum absolute atomic E-state index is 11.7. The molecule has 1 heterocycles. The molecule has 1 atom stereocenters. The first-order chi connectivity index (χ1) is 12.9. The average molecular weight is 370 g/mol. The van der Waals surface area contributed by atoms with Crippen LogP contribution in [0.15, 0.2) is 47.0 Å². The highest BCUT2D eigenvalue weighted by Crippen LogP contribution is 2.41. The first kappa shape index (κ1) is 19.0. The molecular weight excluding hydrogens is 344 g/mol. The minimum Gasteiger partial charge on any atom is -0.473 e. The van der Waals surface area contributed by atoms with Gasteiger partial charge in [0.2, 0.25) is 0 Å². The SMILES string of the molecule is CC(C)(C)OC(=O)NCCOc1noc(-c2ccccc2)c1C1C=CCC1. The molecule has 0 fully saturated rings. The summed E-state index contributed by atoms with van der Waals surface area (Å²) in [6.07, 6.45) is 5.91. The molecule has 0 saturated heterocycles. The first-order valence-electron chi connectivity index (χ1n) is 9.25. The zero-order valence-electron chi connectivity index (χ0n) is 16.0. The summed E-state index contributed by atoms with van der Waals surface area (Å²) in [4.78, 5) is 11.7. The van der Waals surface area contributed by atoms with Crippen molar-refractivity contribution < 1.29 is 18.8 Å². The van der Waals surface area contributed by atoms with Gasteiger partial charge in [0, 0.05) is 11.5 Å². The summed E-state index contributed by atoms with van der Waals surface area (Å²) in [6.45, 7) is 6.08. The molecule has 6 nitrogen and oxygen atoms in total. The van der Waals surface area contributed by atoms with Crippen molar-refractivity contribution in [1.29, 1.82) is 0 Å². The van der Waals surface area contributed by atoms with E-state index >= 15 is 0 Å². The Morgan fingerprint density at radius 1 is 1.30 bits per heavy atom. The molecule has 1 aromatic heterocycles. The second kappa shape index (κ2) is 8.29. The lowest BCUT2D eigenvalue weighted by atomic mass is 9.96. The van der Waals surface area contributed by atoms with E-state index in [0.717, 1.165) is 29.7 Å². The number of amides is 1. The third-order valence-corrected chi connectivity index (χ3v) is 4.12. The van der Waals surface area contributed by atoms with E-state index in [1.807, 2.05) is 51.1 Å². The molecule has 1 unspecified atom stereocenters. The zero-order chi connectivity index (χ0) is 19.3. The normalized spacial score (nSPS) is 16.3. The highest BCUT2D eigenvalue weighted by molar-refractivity contribution is 5.67. The summed E-state index contributed by atoms with van der Waals surface area (Å²) in [7, 11) is 0. The number of alkyl carbamates (subject to hydrolysis) is 1. The molecule has 1 N–H and O–H groups in total. The average Bonchev–Trinajstić information content (AvgIpc) is 3.27. The topological polar surface area (TPSA) is 73.6 Å². The van der Waals surface area contributed by atoms with Gasteiger partial charge in [-0.15, -0.1) is 0 Å². The fraction of sp³-hybridized carbons (Fsp3) is 0.429. The minimum absolute atomic E-state index is 0.222. The van der Waals surface area contributed by atoms with Crippen LogP contribution in [0.25, 0.3) is 11.3 Å². The van der Waals surface area contributed by atoms with Crippen LogP contribution >= 0.6 is 0 Å². The molecule has 0 spiro atoms. The van der Waals surface area contributed by atoms with Gasteiger partial charge in [-0.3, -0.25) is 0 Å². The van der Waals surface area contributed by atoms with Gasteiger partial charge in [-0.2, -0.15) is 0 Å². The molecule has 27 heavy (non-hydrogen) atoms. The van der Waals surface area contributed by atoms with E-state index in [4.69, 9.17) is 14.0 Å². The number of aromatic nitrogens is 1. The van der Waals surface area contributed by atoms with Crippen molar-refractivity contribution in [3.63, 3.8) is 0 Å². The Bertz CT molecular complexity index is 790. The number of carbonyl (C=O) groups is 1. The van der Waals surface area contributed by atoms with Gasteiger partial charge in [-0.25, -0.2) is 4.79 Å². The monoisotopic (exact) mass is 370 g/mol. The third-order valence-electron chi connectivity index (χ3n) is 4.12. The number of nitrogens with one attached hydrogen (secondary N) is 1. The van der Waals surface area contributed by atoms with E-state index in [1.165, 1.54) is 0 Å². The number of ether oxygens (including phenoxy) is 2. The standard InChI is InChI=1S/C21H26N2O4/c1-21(2,3)26-20(24)22-13-14-25-19-17(15-9-7-8-10-15)18(27-23-19)16-11-5-4-6-12-16/h4-7,9,11-12,15H,8,10,13-14H2,1-3H3,(H,22,24). The maximum Gasteiger partial charge on any atom is 0.407 e. The number of hydrogen-bond acceptors (Lipinski definition) is 5.